The van der Waals surface area contributed by atoms with E-state index in [0.29, 0.717) is 17.5 Å². The maximum atomic E-state index is 6.57. The first-order valence-electron chi connectivity index (χ1n) is 20.3. The minimum atomic E-state index is -0.562. The van der Waals surface area contributed by atoms with E-state index in [1.807, 2.05) is 18.2 Å². The fourth-order valence-corrected chi connectivity index (χ4v) is 9.49. The molecular formula is C56H35N3O. The normalized spacial score (nSPS) is 12.8. The van der Waals surface area contributed by atoms with E-state index in [-0.39, 0.29) is 0 Å². The molecule has 60 heavy (non-hydrogen) atoms. The first kappa shape index (κ1) is 34.1. The molecule has 2 heterocycles. The van der Waals surface area contributed by atoms with Gasteiger partial charge in [-0.15, -0.1) is 0 Å². The monoisotopic (exact) mass is 765 g/mol. The van der Waals surface area contributed by atoms with E-state index >= 15 is 0 Å². The summed E-state index contributed by atoms with van der Waals surface area (Å²) in [5.74, 6) is 1.79. The van der Waals surface area contributed by atoms with Gasteiger partial charge in [-0.1, -0.05) is 182 Å². The van der Waals surface area contributed by atoms with Crippen molar-refractivity contribution in [1.29, 1.82) is 0 Å². The minimum Gasteiger partial charge on any atom is -0.456 e. The first-order valence-corrected chi connectivity index (χ1v) is 20.3. The molecule has 4 nitrogen and oxygen atoms in total. The van der Waals surface area contributed by atoms with Gasteiger partial charge in [0.2, 0.25) is 0 Å². The van der Waals surface area contributed by atoms with Crippen LogP contribution >= 0.6 is 0 Å². The van der Waals surface area contributed by atoms with E-state index in [4.69, 9.17) is 19.4 Å². The lowest BCUT2D eigenvalue weighted by atomic mass is 9.67. The van der Waals surface area contributed by atoms with Gasteiger partial charge in [-0.2, -0.15) is 0 Å². The summed E-state index contributed by atoms with van der Waals surface area (Å²) in [4.78, 5) is 16.1. The number of hydrogen-bond acceptors (Lipinski definition) is 4. The van der Waals surface area contributed by atoms with Crippen LogP contribution < -0.4 is 0 Å². The highest BCUT2D eigenvalue weighted by molar-refractivity contribution is 6.13. The van der Waals surface area contributed by atoms with Crippen LogP contribution in [-0.2, 0) is 5.41 Å². The average molecular weight is 766 g/mol. The summed E-state index contributed by atoms with van der Waals surface area (Å²) in [5, 5.41) is 4.28. The van der Waals surface area contributed by atoms with Gasteiger partial charge < -0.3 is 4.42 Å². The van der Waals surface area contributed by atoms with Crippen molar-refractivity contribution in [3.63, 3.8) is 0 Å². The summed E-state index contributed by atoms with van der Waals surface area (Å²) >= 11 is 0. The number of rotatable bonds is 6. The zero-order valence-corrected chi connectivity index (χ0v) is 32.5. The lowest BCUT2D eigenvalue weighted by molar-refractivity contribution is 0.669. The van der Waals surface area contributed by atoms with Gasteiger partial charge >= 0.3 is 0 Å². The van der Waals surface area contributed by atoms with Crippen LogP contribution in [0.3, 0.4) is 0 Å². The third-order valence-electron chi connectivity index (χ3n) is 12.2. The second kappa shape index (κ2) is 13.6. The lowest BCUT2D eigenvalue weighted by Crippen LogP contribution is -2.28. The number of benzene rings is 9. The predicted octanol–water partition coefficient (Wildman–Crippen LogP) is 14.0. The second-order valence-electron chi connectivity index (χ2n) is 15.5. The predicted molar refractivity (Wildman–Crippen MR) is 244 cm³/mol. The largest absolute Gasteiger partial charge is 0.456 e. The van der Waals surface area contributed by atoms with E-state index in [9.17, 15) is 0 Å². The molecule has 12 rings (SSSR count). The Balaban J connectivity index is 1.15. The molecule has 0 fully saturated rings. The summed E-state index contributed by atoms with van der Waals surface area (Å²) in [6.07, 6.45) is 0. The fourth-order valence-electron chi connectivity index (χ4n) is 9.49. The van der Waals surface area contributed by atoms with Crippen LogP contribution in [0.4, 0.5) is 0 Å². The Morgan fingerprint density at radius 2 is 0.917 bits per heavy atom. The fraction of sp³-hybridized carbons (Fsp3) is 0.0179. The first-order chi connectivity index (χ1) is 29.7. The van der Waals surface area contributed by atoms with Gasteiger partial charge in [-0.25, -0.2) is 15.0 Å². The van der Waals surface area contributed by atoms with Crippen molar-refractivity contribution < 1.29 is 4.42 Å². The van der Waals surface area contributed by atoms with Crippen molar-refractivity contribution in [3.05, 3.63) is 235 Å². The average Bonchev–Trinajstić information content (AvgIpc) is 3.85. The zero-order chi connectivity index (χ0) is 39.6. The number of hydrogen-bond donors (Lipinski definition) is 0. The van der Waals surface area contributed by atoms with Gasteiger partial charge in [-0.05, 0) is 85.6 Å². The summed E-state index contributed by atoms with van der Waals surface area (Å²) in [5.41, 5.74) is 13.2. The molecule has 0 radical (unpaired) electrons. The van der Waals surface area contributed by atoms with Crippen molar-refractivity contribution in [1.82, 2.24) is 15.0 Å². The summed E-state index contributed by atoms with van der Waals surface area (Å²) in [6.45, 7) is 0. The molecular weight excluding hydrogens is 731 g/mol. The Morgan fingerprint density at radius 1 is 0.333 bits per heavy atom. The summed E-state index contributed by atoms with van der Waals surface area (Å²) in [6, 6.07) is 75.2. The molecule has 0 saturated heterocycles. The Morgan fingerprint density at radius 3 is 1.68 bits per heavy atom. The highest BCUT2D eigenvalue weighted by Gasteiger charge is 2.46. The van der Waals surface area contributed by atoms with Crippen molar-refractivity contribution in [2.24, 2.45) is 0 Å². The molecule has 280 valence electrons. The Hall–Kier alpha value is -7.95. The van der Waals surface area contributed by atoms with E-state index in [0.717, 1.165) is 60.5 Å². The number of nitrogens with zero attached hydrogens (tertiary/aromatic N) is 3. The van der Waals surface area contributed by atoms with Crippen LogP contribution in [0.15, 0.2) is 217 Å². The Bertz CT molecular complexity index is 3390. The molecule has 11 aromatic rings. The van der Waals surface area contributed by atoms with Gasteiger partial charge in [0.15, 0.2) is 17.5 Å². The number of furan rings is 1. The molecule has 0 spiro atoms. The molecule has 0 amide bonds. The highest BCUT2D eigenvalue weighted by Crippen LogP contribution is 2.56. The molecule has 0 atom stereocenters. The third kappa shape index (κ3) is 5.28. The van der Waals surface area contributed by atoms with Crippen molar-refractivity contribution in [3.8, 4) is 56.4 Å². The summed E-state index contributed by atoms with van der Waals surface area (Å²) in [7, 11) is 0. The molecule has 0 aliphatic heterocycles. The van der Waals surface area contributed by atoms with Gasteiger partial charge in [0.1, 0.15) is 11.2 Å². The van der Waals surface area contributed by atoms with E-state index in [1.54, 1.807) is 0 Å². The quantitative estimate of drug-likeness (QED) is 0.169. The zero-order valence-electron chi connectivity index (χ0n) is 32.5. The smallest absolute Gasteiger partial charge is 0.164 e. The van der Waals surface area contributed by atoms with E-state index in [2.05, 4.69) is 194 Å². The topological polar surface area (TPSA) is 51.8 Å². The molecule has 9 aromatic carbocycles. The van der Waals surface area contributed by atoms with Crippen molar-refractivity contribution in [2.45, 2.75) is 5.41 Å². The molecule has 0 bridgehead atoms. The van der Waals surface area contributed by atoms with Crippen LogP contribution in [0.5, 0.6) is 0 Å². The van der Waals surface area contributed by atoms with Crippen LogP contribution in [0.2, 0.25) is 0 Å². The van der Waals surface area contributed by atoms with Crippen molar-refractivity contribution in [2.75, 3.05) is 0 Å². The van der Waals surface area contributed by atoms with Crippen LogP contribution in [0.1, 0.15) is 22.3 Å². The maximum absolute atomic E-state index is 6.57. The van der Waals surface area contributed by atoms with Gasteiger partial charge in [-0.3, -0.25) is 0 Å². The number of fused-ring (bicyclic) bond motifs is 7. The van der Waals surface area contributed by atoms with Gasteiger partial charge in [0, 0.05) is 27.5 Å². The molecule has 4 heteroatoms. The molecule has 1 aliphatic rings. The van der Waals surface area contributed by atoms with E-state index in [1.165, 1.54) is 33.4 Å². The van der Waals surface area contributed by atoms with E-state index < -0.39 is 5.41 Å². The third-order valence-corrected chi connectivity index (χ3v) is 12.2. The standard InChI is InChI=1S/C56H35N3O/c1-4-16-36(17-5-1)41-33-47(52-46-25-13-15-27-50(46)60-51(52)35-41)55-58-53(39-29-28-37-18-10-11-19-38(37)32-39)57-54(59-55)40-30-31-45-44-24-12-14-26-48(44)56(49(45)34-40,42-20-6-2-7-21-42)43-22-8-3-9-23-43/h1-35H. The highest BCUT2D eigenvalue weighted by atomic mass is 16.3. The second-order valence-corrected chi connectivity index (χ2v) is 15.5. The van der Waals surface area contributed by atoms with Crippen LogP contribution in [0, 0.1) is 0 Å². The lowest BCUT2D eigenvalue weighted by Gasteiger charge is -2.34. The molecule has 0 saturated carbocycles. The minimum absolute atomic E-state index is 0.562. The molecule has 1 aliphatic carbocycles. The molecule has 2 aromatic heterocycles. The van der Waals surface area contributed by atoms with Crippen LogP contribution in [-0.4, -0.2) is 15.0 Å². The summed E-state index contributed by atoms with van der Waals surface area (Å²) < 4.78 is 6.57. The SMILES string of the molecule is c1ccc(-c2cc(-c3nc(-c4ccc5c(c4)C(c4ccccc4)(c4ccccc4)c4ccccc4-5)nc(-c4ccc5ccccc5c4)n3)c3c(c2)oc2ccccc23)cc1. The van der Waals surface area contributed by atoms with Gasteiger partial charge in [0.25, 0.3) is 0 Å². The number of para-hydroxylation sites is 1. The Kier molecular flexibility index (Phi) is 7.72. The maximum Gasteiger partial charge on any atom is 0.164 e. The Labute approximate surface area is 347 Å². The van der Waals surface area contributed by atoms with Crippen LogP contribution in [0.25, 0.3) is 89.1 Å². The van der Waals surface area contributed by atoms with Gasteiger partial charge in [0.05, 0.1) is 5.41 Å². The number of aromatic nitrogens is 3. The van der Waals surface area contributed by atoms with Crippen molar-refractivity contribution >= 4 is 32.7 Å². The molecule has 0 unspecified atom stereocenters. The molecule has 0 N–H and O–H groups in total.